The lowest BCUT2D eigenvalue weighted by atomic mass is 9.71. The van der Waals surface area contributed by atoms with Gasteiger partial charge < -0.3 is 9.64 Å². The highest BCUT2D eigenvalue weighted by molar-refractivity contribution is 5.62. The van der Waals surface area contributed by atoms with Crippen LogP contribution >= 0.6 is 0 Å². The Morgan fingerprint density at radius 2 is 1.70 bits per heavy atom. The fourth-order valence-electron chi connectivity index (χ4n) is 5.26. The molecule has 2 nitrogen and oxygen atoms in total. The van der Waals surface area contributed by atoms with Gasteiger partial charge in [0.15, 0.2) is 0 Å². The SMILES string of the molecule is CN1CCOC(CC23CC(c4ccccc42)c2ccccc23)C1. The Morgan fingerprint density at radius 1 is 1.04 bits per heavy atom. The van der Waals surface area contributed by atoms with Crippen molar-refractivity contribution in [3.05, 3.63) is 70.8 Å². The zero-order valence-corrected chi connectivity index (χ0v) is 13.7. The molecule has 1 aliphatic heterocycles. The number of benzene rings is 2. The fourth-order valence-corrected chi connectivity index (χ4v) is 5.26. The van der Waals surface area contributed by atoms with Crippen LogP contribution in [0.15, 0.2) is 48.5 Å². The lowest BCUT2D eigenvalue weighted by molar-refractivity contribution is -0.0312. The summed E-state index contributed by atoms with van der Waals surface area (Å²) in [6.45, 7) is 2.97. The Morgan fingerprint density at radius 3 is 2.35 bits per heavy atom. The molecule has 2 aliphatic carbocycles. The van der Waals surface area contributed by atoms with Gasteiger partial charge in [0.1, 0.15) is 0 Å². The van der Waals surface area contributed by atoms with Gasteiger partial charge in [-0.3, -0.25) is 0 Å². The van der Waals surface area contributed by atoms with Crippen molar-refractivity contribution >= 4 is 0 Å². The molecular weight excluding hydrogens is 282 g/mol. The maximum absolute atomic E-state index is 6.14. The van der Waals surface area contributed by atoms with Gasteiger partial charge >= 0.3 is 0 Å². The van der Waals surface area contributed by atoms with Gasteiger partial charge in [0.25, 0.3) is 0 Å². The molecule has 2 heteroatoms. The number of fused-ring (bicyclic) bond motifs is 8. The van der Waals surface area contributed by atoms with Crippen LogP contribution in [0.4, 0.5) is 0 Å². The topological polar surface area (TPSA) is 12.5 Å². The van der Waals surface area contributed by atoms with Crippen LogP contribution in [0.5, 0.6) is 0 Å². The first-order valence-corrected chi connectivity index (χ1v) is 8.77. The van der Waals surface area contributed by atoms with Crippen molar-refractivity contribution in [3.8, 4) is 0 Å². The molecule has 23 heavy (non-hydrogen) atoms. The molecular formula is C21H23NO. The largest absolute Gasteiger partial charge is 0.376 e. The first kappa shape index (κ1) is 13.8. The molecule has 1 unspecified atom stereocenters. The van der Waals surface area contributed by atoms with Crippen LogP contribution in [-0.4, -0.2) is 37.7 Å². The predicted octanol–water partition coefficient (Wildman–Crippen LogP) is 3.54. The van der Waals surface area contributed by atoms with E-state index in [0.29, 0.717) is 12.0 Å². The van der Waals surface area contributed by atoms with Crippen LogP contribution in [-0.2, 0) is 10.2 Å². The van der Waals surface area contributed by atoms with Crippen molar-refractivity contribution in [1.82, 2.24) is 4.90 Å². The summed E-state index contributed by atoms with van der Waals surface area (Å²) in [5.41, 5.74) is 6.38. The third-order valence-electron chi connectivity index (χ3n) is 6.17. The van der Waals surface area contributed by atoms with Gasteiger partial charge in [-0.05, 0) is 42.1 Å². The average molecular weight is 305 g/mol. The van der Waals surface area contributed by atoms with Crippen molar-refractivity contribution in [3.63, 3.8) is 0 Å². The molecule has 3 aliphatic rings. The first-order chi connectivity index (χ1) is 11.3. The molecule has 1 atom stereocenters. The Labute approximate surface area is 138 Å². The predicted molar refractivity (Wildman–Crippen MR) is 92.0 cm³/mol. The minimum absolute atomic E-state index is 0.167. The van der Waals surface area contributed by atoms with E-state index in [1.165, 1.54) is 6.42 Å². The van der Waals surface area contributed by atoms with E-state index in [4.69, 9.17) is 4.74 Å². The van der Waals surface area contributed by atoms with E-state index in [9.17, 15) is 0 Å². The Balaban J connectivity index is 1.61. The van der Waals surface area contributed by atoms with Crippen LogP contribution in [0.1, 0.15) is 41.0 Å². The normalized spacial score (nSPS) is 31.9. The molecule has 1 saturated heterocycles. The number of nitrogens with zero attached hydrogens (tertiary/aromatic N) is 1. The quantitative estimate of drug-likeness (QED) is 0.841. The highest BCUT2D eigenvalue weighted by Gasteiger charge is 2.53. The molecule has 118 valence electrons. The molecule has 0 spiro atoms. The molecule has 0 amide bonds. The summed E-state index contributed by atoms with van der Waals surface area (Å²) in [5.74, 6) is 0.587. The molecule has 5 rings (SSSR count). The molecule has 1 heterocycles. The van der Waals surface area contributed by atoms with E-state index in [1.54, 1.807) is 22.3 Å². The summed E-state index contributed by atoms with van der Waals surface area (Å²) in [7, 11) is 2.21. The zero-order chi connectivity index (χ0) is 15.4. The maximum atomic E-state index is 6.14. The van der Waals surface area contributed by atoms with E-state index >= 15 is 0 Å². The van der Waals surface area contributed by atoms with Gasteiger partial charge in [0.2, 0.25) is 0 Å². The summed E-state index contributed by atoms with van der Waals surface area (Å²) in [5, 5.41) is 0. The highest BCUT2D eigenvalue weighted by Crippen LogP contribution is 2.62. The second-order valence-electron chi connectivity index (χ2n) is 7.47. The Kier molecular flexibility index (Phi) is 2.95. The van der Waals surface area contributed by atoms with Crippen molar-refractivity contribution in [1.29, 1.82) is 0 Å². The van der Waals surface area contributed by atoms with E-state index in [1.807, 2.05) is 0 Å². The average Bonchev–Trinajstić information content (AvgIpc) is 3.07. The summed E-state index contributed by atoms with van der Waals surface area (Å²) in [6, 6.07) is 18.2. The van der Waals surface area contributed by atoms with Crippen LogP contribution in [0, 0.1) is 0 Å². The van der Waals surface area contributed by atoms with Crippen molar-refractivity contribution in [2.45, 2.75) is 30.3 Å². The third kappa shape index (κ3) is 1.88. The van der Waals surface area contributed by atoms with Gasteiger partial charge in [0.05, 0.1) is 12.7 Å². The minimum Gasteiger partial charge on any atom is -0.376 e. The van der Waals surface area contributed by atoms with Crippen LogP contribution in [0.2, 0.25) is 0 Å². The van der Waals surface area contributed by atoms with Crippen LogP contribution in [0.25, 0.3) is 0 Å². The lowest BCUT2D eigenvalue weighted by Crippen LogP contribution is -2.43. The first-order valence-electron chi connectivity index (χ1n) is 8.77. The van der Waals surface area contributed by atoms with E-state index in [-0.39, 0.29) is 5.41 Å². The summed E-state index contributed by atoms with van der Waals surface area (Å²) in [4.78, 5) is 2.41. The van der Waals surface area contributed by atoms with Gasteiger partial charge in [-0.2, -0.15) is 0 Å². The molecule has 2 aromatic carbocycles. The molecule has 0 saturated carbocycles. The van der Waals surface area contributed by atoms with Crippen molar-refractivity contribution in [2.75, 3.05) is 26.7 Å². The molecule has 1 fully saturated rings. The van der Waals surface area contributed by atoms with Crippen LogP contribution < -0.4 is 0 Å². The number of likely N-dealkylation sites (N-methyl/N-ethyl adjacent to an activating group) is 1. The molecule has 0 aromatic heterocycles. The van der Waals surface area contributed by atoms with Crippen LogP contribution in [0.3, 0.4) is 0 Å². The third-order valence-corrected chi connectivity index (χ3v) is 6.17. The monoisotopic (exact) mass is 305 g/mol. The number of ether oxygens (including phenoxy) is 1. The number of morpholine rings is 1. The molecule has 0 radical (unpaired) electrons. The maximum Gasteiger partial charge on any atom is 0.0714 e. The number of hydrogen-bond acceptors (Lipinski definition) is 2. The number of hydrogen-bond donors (Lipinski definition) is 0. The molecule has 0 N–H and O–H groups in total. The van der Waals surface area contributed by atoms with Gasteiger partial charge in [0, 0.05) is 24.4 Å². The summed E-state index contributed by atoms with van der Waals surface area (Å²) >= 11 is 0. The van der Waals surface area contributed by atoms with E-state index in [0.717, 1.165) is 26.1 Å². The Hall–Kier alpha value is -1.64. The standard InChI is InChI=1S/C21H23NO/c1-22-10-11-23-15(14-22)12-21-13-18(16-6-2-4-8-19(16)21)17-7-3-5-9-20(17)21/h2-9,15,18H,10-14H2,1H3. The molecule has 2 bridgehead atoms. The fraction of sp³-hybridized carbons (Fsp3) is 0.429. The van der Waals surface area contributed by atoms with Gasteiger partial charge in [-0.1, -0.05) is 48.5 Å². The van der Waals surface area contributed by atoms with Gasteiger partial charge in [-0.25, -0.2) is 0 Å². The van der Waals surface area contributed by atoms with E-state index < -0.39 is 0 Å². The second kappa shape index (κ2) is 4.93. The smallest absolute Gasteiger partial charge is 0.0714 e. The van der Waals surface area contributed by atoms with Crippen molar-refractivity contribution < 1.29 is 4.74 Å². The zero-order valence-electron chi connectivity index (χ0n) is 13.7. The second-order valence-corrected chi connectivity index (χ2v) is 7.47. The number of rotatable bonds is 2. The van der Waals surface area contributed by atoms with Crippen molar-refractivity contribution in [2.24, 2.45) is 0 Å². The molecule has 2 aromatic rings. The summed E-state index contributed by atoms with van der Waals surface area (Å²) < 4.78 is 6.14. The Bertz CT molecular complexity index is 706. The highest BCUT2D eigenvalue weighted by atomic mass is 16.5. The van der Waals surface area contributed by atoms with E-state index in [2.05, 4.69) is 60.5 Å². The lowest BCUT2D eigenvalue weighted by Gasteiger charge is -2.38. The minimum atomic E-state index is 0.167. The van der Waals surface area contributed by atoms with Gasteiger partial charge in [-0.15, -0.1) is 0 Å². The summed E-state index contributed by atoms with van der Waals surface area (Å²) in [6.07, 6.45) is 2.68.